The van der Waals surface area contributed by atoms with E-state index in [2.05, 4.69) is 5.23 Å². The molecule has 0 heterocycles. The van der Waals surface area contributed by atoms with Gasteiger partial charge in [-0.2, -0.15) is 0 Å². The normalized spacial score (nSPS) is 9.91. The van der Waals surface area contributed by atoms with Crippen LogP contribution >= 0.6 is 0 Å². The van der Waals surface area contributed by atoms with Gasteiger partial charge in [0.1, 0.15) is 10.7 Å². The highest BCUT2D eigenvalue weighted by molar-refractivity contribution is 6.16. The second-order valence-corrected chi connectivity index (χ2v) is 2.38. The van der Waals surface area contributed by atoms with Gasteiger partial charge >= 0.3 is 0 Å². The second kappa shape index (κ2) is 2.34. The van der Waals surface area contributed by atoms with Crippen LogP contribution < -0.4 is 21.3 Å². The third-order valence-electron chi connectivity index (χ3n) is 1.75. The molecule has 0 saturated carbocycles. The van der Waals surface area contributed by atoms with Crippen molar-refractivity contribution in [1.82, 2.24) is 0 Å². The standard InChI is InChI=1S/C6H9BN4/c1-2-3(8)4(9)5(10)6(2)11-7/h8-11H,7H2,1H3. The lowest BCUT2D eigenvalue weighted by Gasteiger charge is -1.94. The molecule has 56 valence electrons. The van der Waals surface area contributed by atoms with E-state index in [0.717, 1.165) is 0 Å². The van der Waals surface area contributed by atoms with Gasteiger partial charge < -0.3 is 5.23 Å². The Kier molecular flexibility index (Phi) is 1.64. The SMILES string of the molecule is BNc1c(C)c(=N)c(=N)c1=N. The van der Waals surface area contributed by atoms with Crippen LogP contribution in [0.1, 0.15) is 5.56 Å². The molecule has 1 aromatic rings. The highest BCUT2D eigenvalue weighted by Gasteiger charge is 2.05. The molecule has 0 aromatic heterocycles. The first kappa shape index (κ1) is 7.72. The minimum Gasteiger partial charge on any atom is -0.432 e. The first-order valence-corrected chi connectivity index (χ1v) is 3.25. The first-order valence-electron chi connectivity index (χ1n) is 3.25. The van der Waals surface area contributed by atoms with Gasteiger partial charge in [-0.15, -0.1) is 0 Å². The van der Waals surface area contributed by atoms with Gasteiger partial charge in [-0.1, -0.05) is 0 Å². The maximum absolute atomic E-state index is 7.39. The monoisotopic (exact) mass is 148 g/mol. The molecule has 0 aliphatic heterocycles. The van der Waals surface area contributed by atoms with Crippen molar-refractivity contribution in [3.63, 3.8) is 0 Å². The molecule has 0 atom stereocenters. The van der Waals surface area contributed by atoms with Gasteiger partial charge in [0, 0.05) is 5.56 Å². The molecule has 4 N–H and O–H groups in total. The summed E-state index contributed by atoms with van der Waals surface area (Å²) in [5.74, 6) is 0. The molecule has 0 aliphatic carbocycles. The summed E-state index contributed by atoms with van der Waals surface area (Å²) in [5.41, 5.74) is 1.28. The molecular weight excluding hydrogens is 139 g/mol. The quantitative estimate of drug-likeness (QED) is 0.350. The van der Waals surface area contributed by atoms with Crippen LogP contribution in [-0.4, -0.2) is 7.98 Å². The summed E-state index contributed by atoms with van der Waals surface area (Å²) in [7, 11) is 1.69. The third kappa shape index (κ3) is 0.887. The summed E-state index contributed by atoms with van der Waals surface area (Å²) in [4.78, 5) is 0. The van der Waals surface area contributed by atoms with Crippen molar-refractivity contribution in [2.45, 2.75) is 6.92 Å². The van der Waals surface area contributed by atoms with E-state index < -0.39 is 0 Å². The van der Waals surface area contributed by atoms with Crippen LogP contribution in [0.5, 0.6) is 0 Å². The van der Waals surface area contributed by atoms with E-state index in [9.17, 15) is 0 Å². The van der Waals surface area contributed by atoms with Crippen LogP contribution in [0.4, 0.5) is 5.69 Å². The maximum Gasteiger partial charge on any atom is 0.214 e. The molecule has 0 spiro atoms. The summed E-state index contributed by atoms with van der Waals surface area (Å²) in [6, 6.07) is 0. The maximum atomic E-state index is 7.39. The Balaban J connectivity index is 3.77. The lowest BCUT2D eigenvalue weighted by Crippen LogP contribution is -2.31. The van der Waals surface area contributed by atoms with E-state index in [4.69, 9.17) is 16.2 Å². The van der Waals surface area contributed by atoms with Gasteiger partial charge in [-0.05, 0) is 6.92 Å². The van der Waals surface area contributed by atoms with Crippen molar-refractivity contribution >= 4 is 13.7 Å². The van der Waals surface area contributed by atoms with Crippen LogP contribution in [0, 0.1) is 23.2 Å². The van der Waals surface area contributed by atoms with Crippen LogP contribution in [0.15, 0.2) is 0 Å². The van der Waals surface area contributed by atoms with Crippen molar-refractivity contribution in [3.05, 3.63) is 21.6 Å². The molecule has 1 rings (SSSR count). The Morgan fingerprint density at radius 2 is 1.64 bits per heavy atom. The largest absolute Gasteiger partial charge is 0.432 e. The number of hydrogen-bond donors (Lipinski definition) is 4. The molecule has 4 nitrogen and oxygen atoms in total. The lowest BCUT2D eigenvalue weighted by molar-refractivity contribution is 1.10. The zero-order valence-electron chi connectivity index (χ0n) is 6.50. The van der Waals surface area contributed by atoms with Gasteiger partial charge in [0.2, 0.25) is 7.98 Å². The van der Waals surface area contributed by atoms with Crippen molar-refractivity contribution < 1.29 is 0 Å². The fraction of sp³-hybridized carbons (Fsp3) is 0.167. The van der Waals surface area contributed by atoms with E-state index in [0.29, 0.717) is 11.3 Å². The average molecular weight is 148 g/mol. The van der Waals surface area contributed by atoms with Gasteiger partial charge in [0.05, 0.1) is 11.0 Å². The number of hydrogen-bond acceptors (Lipinski definition) is 4. The van der Waals surface area contributed by atoms with Gasteiger partial charge in [0.25, 0.3) is 0 Å². The van der Waals surface area contributed by atoms with Crippen molar-refractivity contribution in [2.24, 2.45) is 0 Å². The zero-order chi connectivity index (χ0) is 8.59. The summed E-state index contributed by atoms with van der Waals surface area (Å²) >= 11 is 0. The molecule has 0 unspecified atom stereocenters. The fourth-order valence-electron chi connectivity index (χ4n) is 1.06. The highest BCUT2D eigenvalue weighted by atomic mass is 14.8. The van der Waals surface area contributed by atoms with E-state index in [1.54, 1.807) is 14.9 Å². The molecule has 0 radical (unpaired) electrons. The van der Waals surface area contributed by atoms with E-state index in [1.807, 2.05) is 0 Å². The number of anilines is 1. The van der Waals surface area contributed by atoms with Gasteiger partial charge in [0.15, 0.2) is 0 Å². The third-order valence-corrected chi connectivity index (χ3v) is 1.75. The summed E-state index contributed by atoms with van der Waals surface area (Å²) in [6.45, 7) is 1.74. The molecule has 5 heteroatoms. The summed E-state index contributed by atoms with van der Waals surface area (Å²) in [5, 5.41) is 25.1. The Hall–Kier alpha value is -1.39. The number of rotatable bonds is 1. The first-order chi connectivity index (χ1) is 5.09. The van der Waals surface area contributed by atoms with Crippen molar-refractivity contribution in [3.8, 4) is 0 Å². The van der Waals surface area contributed by atoms with E-state index in [1.165, 1.54) is 0 Å². The Morgan fingerprint density at radius 3 is 1.82 bits per heavy atom. The van der Waals surface area contributed by atoms with E-state index in [-0.39, 0.29) is 16.1 Å². The molecule has 0 aliphatic rings. The van der Waals surface area contributed by atoms with Gasteiger partial charge in [-0.25, -0.2) is 0 Å². The average Bonchev–Trinajstić information content (AvgIpc) is 2.17. The van der Waals surface area contributed by atoms with Crippen molar-refractivity contribution in [1.29, 1.82) is 16.2 Å². The minimum absolute atomic E-state index is 0.00634. The molecule has 0 saturated heterocycles. The minimum atomic E-state index is 0.00634. The van der Waals surface area contributed by atoms with Crippen molar-refractivity contribution in [2.75, 3.05) is 5.23 Å². The Bertz CT molecular complexity index is 413. The van der Waals surface area contributed by atoms with Crippen LogP contribution in [-0.2, 0) is 0 Å². The molecule has 11 heavy (non-hydrogen) atoms. The van der Waals surface area contributed by atoms with Crippen LogP contribution in [0.3, 0.4) is 0 Å². The highest BCUT2D eigenvalue weighted by Crippen LogP contribution is 1.97. The predicted octanol–water partition coefficient (Wildman–Crippen LogP) is -1.73. The second-order valence-electron chi connectivity index (χ2n) is 2.38. The van der Waals surface area contributed by atoms with Crippen LogP contribution in [0.25, 0.3) is 0 Å². The van der Waals surface area contributed by atoms with E-state index >= 15 is 0 Å². The fourth-order valence-corrected chi connectivity index (χ4v) is 1.06. The Labute approximate surface area is 64.6 Å². The topological polar surface area (TPSA) is 83.6 Å². The molecular formula is C6H9BN4. The lowest BCUT2D eigenvalue weighted by atomic mass is 10.2. The van der Waals surface area contributed by atoms with Gasteiger partial charge in [-0.3, -0.25) is 16.2 Å². The number of nitrogens with one attached hydrogen (secondary N) is 4. The molecule has 0 bridgehead atoms. The zero-order valence-corrected chi connectivity index (χ0v) is 6.50. The summed E-state index contributed by atoms with van der Waals surface area (Å²) < 4.78 is 0. The Morgan fingerprint density at radius 1 is 1.09 bits per heavy atom. The van der Waals surface area contributed by atoms with Crippen LogP contribution in [0.2, 0.25) is 0 Å². The molecule has 1 aromatic carbocycles. The summed E-state index contributed by atoms with van der Waals surface area (Å²) in [6.07, 6.45) is 0. The predicted molar refractivity (Wildman–Crippen MR) is 43.3 cm³/mol. The molecule has 0 fully saturated rings. The molecule has 0 amide bonds. The smallest absolute Gasteiger partial charge is 0.214 e.